The fraction of sp³-hybridized carbons (Fsp3) is 0.241. The largest absolute Gasteiger partial charge is 0.490 e. The molecule has 0 aliphatic carbocycles. The van der Waals surface area contributed by atoms with Crippen LogP contribution in [0.15, 0.2) is 71.6 Å². The standard InChI is InChI=1S/C29H29NO4S2/c1-4-32-25-17-23(13-14-24(25)33-15-16-34-27-20(2)9-8-10-21(27)3)18-26-28(31)30(29(35)36-26)19-22-11-6-5-7-12-22/h5-14,17-18H,4,15-16,19H2,1-3H3/b26-18-. The third kappa shape index (κ3) is 6.28. The summed E-state index contributed by atoms with van der Waals surface area (Å²) >= 11 is 6.80. The average molecular weight is 520 g/mol. The van der Waals surface area contributed by atoms with Crippen molar-refractivity contribution in [1.82, 2.24) is 4.90 Å². The summed E-state index contributed by atoms with van der Waals surface area (Å²) in [5, 5.41) is 0. The van der Waals surface area contributed by atoms with Gasteiger partial charge in [-0.25, -0.2) is 0 Å². The van der Waals surface area contributed by atoms with E-state index in [4.69, 9.17) is 26.4 Å². The molecule has 1 aliphatic rings. The normalized spacial score (nSPS) is 14.4. The van der Waals surface area contributed by atoms with Crippen LogP contribution in [0.4, 0.5) is 0 Å². The van der Waals surface area contributed by atoms with Crippen LogP contribution in [-0.4, -0.2) is 34.9 Å². The van der Waals surface area contributed by atoms with Crippen molar-refractivity contribution < 1.29 is 19.0 Å². The van der Waals surface area contributed by atoms with Gasteiger partial charge in [-0.3, -0.25) is 9.69 Å². The second-order valence-electron chi connectivity index (χ2n) is 8.31. The highest BCUT2D eigenvalue weighted by atomic mass is 32.2. The molecule has 0 radical (unpaired) electrons. The van der Waals surface area contributed by atoms with E-state index in [9.17, 15) is 4.79 Å². The molecule has 5 nitrogen and oxygen atoms in total. The molecule has 1 saturated heterocycles. The minimum absolute atomic E-state index is 0.0872. The summed E-state index contributed by atoms with van der Waals surface area (Å²) in [6, 6.07) is 21.6. The van der Waals surface area contributed by atoms with Crippen LogP contribution in [0.3, 0.4) is 0 Å². The molecule has 0 saturated carbocycles. The van der Waals surface area contributed by atoms with E-state index in [1.807, 2.05) is 93.6 Å². The topological polar surface area (TPSA) is 48.0 Å². The molecule has 3 aromatic carbocycles. The molecular formula is C29H29NO4S2. The van der Waals surface area contributed by atoms with Crippen LogP contribution < -0.4 is 14.2 Å². The van der Waals surface area contributed by atoms with E-state index in [0.717, 1.165) is 28.0 Å². The third-order valence-electron chi connectivity index (χ3n) is 5.62. The number of nitrogens with zero attached hydrogens (tertiary/aromatic N) is 1. The zero-order chi connectivity index (χ0) is 25.5. The van der Waals surface area contributed by atoms with E-state index in [1.54, 1.807) is 4.90 Å². The van der Waals surface area contributed by atoms with Crippen LogP contribution in [0.2, 0.25) is 0 Å². The number of hydrogen-bond acceptors (Lipinski definition) is 6. The van der Waals surface area contributed by atoms with E-state index < -0.39 is 0 Å². The molecule has 36 heavy (non-hydrogen) atoms. The van der Waals surface area contributed by atoms with Crippen LogP contribution in [0, 0.1) is 13.8 Å². The molecular weight excluding hydrogens is 490 g/mol. The van der Waals surface area contributed by atoms with E-state index in [0.29, 0.717) is 47.1 Å². The Morgan fingerprint density at radius 2 is 1.61 bits per heavy atom. The SMILES string of the molecule is CCOc1cc(/C=C2\SC(=S)N(Cc3ccccc3)C2=O)ccc1OCCOc1c(C)cccc1C. The van der Waals surface area contributed by atoms with Crippen LogP contribution in [-0.2, 0) is 11.3 Å². The summed E-state index contributed by atoms with van der Waals surface area (Å²) in [6.45, 7) is 7.75. The number of ether oxygens (including phenoxy) is 3. The highest BCUT2D eigenvalue weighted by Crippen LogP contribution is 2.35. The first-order valence-corrected chi connectivity index (χ1v) is 13.1. The number of hydrogen-bond donors (Lipinski definition) is 0. The van der Waals surface area contributed by atoms with Gasteiger partial charge >= 0.3 is 0 Å². The molecule has 186 valence electrons. The zero-order valence-corrected chi connectivity index (χ0v) is 22.3. The number of amides is 1. The monoisotopic (exact) mass is 519 g/mol. The summed E-state index contributed by atoms with van der Waals surface area (Å²) in [5.74, 6) is 2.07. The number of para-hydroxylation sites is 1. The van der Waals surface area contributed by atoms with Gasteiger partial charge in [-0.05, 0) is 61.2 Å². The molecule has 0 N–H and O–H groups in total. The molecule has 7 heteroatoms. The van der Waals surface area contributed by atoms with Crippen molar-refractivity contribution in [2.24, 2.45) is 0 Å². The van der Waals surface area contributed by atoms with Crippen LogP contribution >= 0.6 is 24.0 Å². The van der Waals surface area contributed by atoms with Gasteiger partial charge in [0.2, 0.25) is 0 Å². The van der Waals surface area contributed by atoms with E-state index in [-0.39, 0.29) is 5.91 Å². The van der Waals surface area contributed by atoms with E-state index >= 15 is 0 Å². The summed E-state index contributed by atoms with van der Waals surface area (Å²) < 4.78 is 18.3. The van der Waals surface area contributed by atoms with Crippen molar-refractivity contribution in [2.75, 3.05) is 19.8 Å². The molecule has 1 fully saturated rings. The van der Waals surface area contributed by atoms with Gasteiger partial charge in [0.1, 0.15) is 23.3 Å². The van der Waals surface area contributed by atoms with Crippen molar-refractivity contribution >= 4 is 40.3 Å². The Labute approximate surface area is 222 Å². The Morgan fingerprint density at radius 3 is 2.33 bits per heavy atom. The number of aryl methyl sites for hydroxylation is 2. The first-order chi connectivity index (χ1) is 17.5. The predicted molar refractivity (Wildman–Crippen MR) is 150 cm³/mol. The number of carbonyl (C=O) groups excluding carboxylic acids is 1. The minimum atomic E-state index is -0.0872. The predicted octanol–water partition coefficient (Wildman–Crippen LogP) is 6.56. The van der Waals surface area contributed by atoms with Crippen LogP contribution in [0.25, 0.3) is 6.08 Å². The summed E-state index contributed by atoms with van der Waals surface area (Å²) in [6.07, 6.45) is 1.85. The summed E-state index contributed by atoms with van der Waals surface area (Å²) in [7, 11) is 0. The van der Waals surface area contributed by atoms with Gasteiger partial charge in [-0.2, -0.15) is 0 Å². The Bertz CT molecular complexity index is 1250. The van der Waals surface area contributed by atoms with Crippen molar-refractivity contribution in [3.63, 3.8) is 0 Å². The van der Waals surface area contributed by atoms with Gasteiger partial charge in [0.25, 0.3) is 5.91 Å². The van der Waals surface area contributed by atoms with Crippen molar-refractivity contribution in [2.45, 2.75) is 27.3 Å². The lowest BCUT2D eigenvalue weighted by atomic mass is 10.1. The van der Waals surface area contributed by atoms with Gasteiger partial charge in [0, 0.05) is 0 Å². The fourth-order valence-corrected chi connectivity index (χ4v) is 5.13. The maximum absolute atomic E-state index is 13.0. The Balaban J connectivity index is 1.42. The molecule has 0 bridgehead atoms. The van der Waals surface area contributed by atoms with Gasteiger partial charge in [0.05, 0.1) is 18.1 Å². The number of thioether (sulfide) groups is 1. The Kier molecular flexibility index (Phi) is 8.67. The first kappa shape index (κ1) is 25.8. The molecule has 3 aromatic rings. The maximum atomic E-state index is 13.0. The van der Waals surface area contributed by atoms with E-state index in [2.05, 4.69) is 0 Å². The number of thiocarbonyl (C=S) groups is 1. The zero-order valence-electron chi connectivity index (χ0n) is 20.7. The van der Waals surface area contributed by atoms with Crippen molar-refractivity contribution in [1.29, 1.82) is 0 Å². The van der Waals surface area contributed by atoms with Crippen molar-refractivity contribution in [3.8, 4) is 17.2 Å². The summed E-state index contributed by atoms with van der Waals surface area (Å²) in [5.41, 5.74) is 4.08. The minimum Gasteiger partial charge on any atom is -0.490 e. The second-order valence-corrected chi connectivity index (χ2v) is 9.99. The Morgan fingerprint density at radius 1 is 0.889 bits per heavy atom. The number of rotatable bonds is 10. The number of carbonyl (C=O) groups is 1. The van der Waals surface area contributed by atoms with E-state index in [1.165, 1.54) is 11.8 Å². The molecule has 1 aliphatic heterocycles. The van der Waals surface area contributed by atoms with Gasteiger partial charge in [0.15, 0.2) is 11.5 Å². The highest BCUT2D eigenvalue weighted by molar-refractivity contribution is 8.26. The molecule has 1 heterocycles. The number of benzene rings is 3. The average Bonchev–Trinajstić information content (AvgIpc) is 3.12. The molecule has 1 amide bonds. The van der Waals surface area contributed by atoms with Crippen LogP contribution in [0.5, 0.6) is 17.2 Å². The first-order valence-electron chi connectivity index (χ1n) is 11.8. The van der Waals surface area contributed by atoms with Gasteiger partial charge in [-0.1, -0.05) is 78.6 Å². The smallest absolute Gasteiger partial charge is 0.266 e. The molecule has 4 rings (SSSR count). The van der Waals surface area contributed by atoms with Crippen LogP contribution in [0.1, 0.15) is 29.2 Å². The van der Waals surface area contributed by atoms with Gasteiger partial charge < -0.3 is 14.2 Å². The molecule has 0 unspecified atom stereocenters. The maximum Gasteiger partial charge on any atom is 0.266 e. The Hall–Kier alpha value is -3.29. The summed E-state index contributed by atoms with van der Waals surface area (Å²) in [4.78, 5) is 15.2. The quantitative estimate of drug-likeness (QED) is 0.172. The molecule has 0 aromatic heterocycles. The molecule has 0 spiro atoms. The third-order valence-corrected chi connectivity index (χ3v) is 7.00. The fourth-order valence-electron chi connectivity index (χ4n) is 3.88. The molecule has 0 atom stereocenters. The lowest BCUT2D eigenvalue weighted by Crippen LogP contribution is -2.27. The second kappa shape index (κ2) is 12.1. The lowest BCUT2D eigenvalue weighted by molar-refractivity contribution is -0.122. The van der Waals surface area contributed by atoms with Crippen molar-refractivity contribution in [3.05, 3.63) is 93.9 Å². The highest BCUT2D eigenvalue weighted by Gasteiger charge is 2.32. The lowest BCUT2D eigenvalue weighted by Gasteiger charge is -2.15. The van der Waals surface area contributed by atoms with Gasteiger partial charge in [-0.15, -0.1) is 0 Å².